The molecule has 0 spiro atoms. The molecule has 5 nitrogen and oxygen atoms in total. The summed E-state index contributed by atoms with van der Waals surface area (Å²) < 4.78 is 26.0. The molecular formula is C13H21N3O2S2. The van der Waals surface area contributed by atoms with Crippen LogP contribution >= 0.6 is 11.8 Å². The summed E-state index contributed by atoms with van der Waals surface area (Å²) in [6.07, 6.45) is 0. The smallest absolute Gasteiger partial charge is 0.240 e. The average Bonchev–Trinajstić information content (AvgIpc) is 2.37. The fourth-order valence-electron chi connectivity index (χ4n) is 2.33. The summed E-state index contributed by atoms with van der Waals surface area (Å²) in [7, 11) is -2.05. The molecule has 0 saturated carbocycles. The van der Waals surface area contributed by atoms with E-state index in [1.807, 2.05) is 11.8 Å². The number of hydrogen-bond acceptors (Lipinski definition) is 5. The molecule has 1 aromatic rings. The van der Waals surface area contributed by atoms with Crippen LogP contribution in [0.1, 0.15) is 13.8 Å². The van der Waals surface area contributed by atoms with Gasteiger partial charge in [0.15, 0.2) is 0 Å². The van der Waals surface area contributed by atoms with Crippen molar-refractivity contribution in [2.24, 2.45) is 0 Å². The van der Waals surface area contributed by atoms with Crippen LogP contribution < -0.4 is 15.4 Å². The van der Waals surface area contributed by atoms with Crippen LogP contribution in [0.15, 0.2) is 23.1 Å². The lowest BCUT2D eigenvalue weighted by atomic mass is 10.1. The average molecular weight is 315 g/mol. The minimum atomic E-state index is -3.44. The van der Waals surface area contributed by atoms with Gasteiger partial charge in [-0.2, -0.15) is 11.8 Å². The number of nitrogen functional groups attached to an aromatic ring is 1. The summed E-state index contributed by atoms with van der Waals surface area (Å²) in [5.41, 5.74) is 7.47. The summed E-state index contributed by atoms with van der Waals surface area (Å²) in [4.78, 5) is 2.42. The molecule has 0 radical (unpaired) electrons. The molecule has 3 N–H and O–H groups in total. The first-order chi connectivity index (χ1) is 9.25. The van der Waals surface area contributed by atoms with Crippen LogP contribution in [0.3, 0.4) is 0 Å². The van der Waals surface area contributed by atoms with Crippen molar-refractivity contribution >= 4 is 33.2 Å². The SMILES string of the molecule is CNS(=O)(=O)c1ccc(N2CCSC(C)(C)C2)c(N)c1. The van der Waals surface area contributed by atoms with E-state index in [4.69, 9.17) is 5.73 Å². The first-order valence-electron chi connectivity index (χ1n) is 6.47. The molecule has 1 heterocycles. The van der Waals surface area contributed by atoms with Gasteiger partial charge in [-0.15, -0.1) is 0 Å². The quantitative estimate of drug-likeness (QED) is 0.827. The van der Waals surface area contributed by atoms with Crippen molar-refractivity contribution in [3.05, 3.63) is 18.2 Å². The topological polar surface area (TPSA) is 75.4 Å². The van der Waals surface area contributed by atoms with E-state index in [-0.39, 0.29) is 9.64 Å². The second-order valence-electron chi connectivity index (χ2n) is 5.46. The largest absolute Gasteiger partial charge is 0.397 e. The number of nitrogens with zero attached hydrogens (tertiary/aromatic N) is 1. The molecule has 20 heavy (non-hydrogen) atoms. The molecule has 7 heteroatoms. The Hall–Kier alpha value is -0.920. The van der Waals surface area contributed by atoms with E-state index in [2.05, 4.69) is 23.5 Å². The predicted octanol–water partition coefficient (Wildman–Crippen LogP) is 1.51. The summed E-state index contributed by atoms with van der Waals surface area (Å²) in [5.74, 6) is 1.04. The third-order valence-electron chi connectivity index (χ3n) is 3.34. The van der Waals surface area contributed by atoms with Crippen LogP contribution in [0.4, 0.5) is 11.4 Å². The minimum absolute atomic E-state index is 0.181. The fraction of sp³-hybridized carbons (Fsp3) is 0.538. The molecule has 0 unspecified atom stereocenters. The summed E-state index contributed by atoms with van der Waals surface area (Å²) >= 11 is 1.95. The zero-order valence-electron chi connectivity index (χ0n) is 12.0. The van der Waals surface area contributed by atoms with Crippen LogP contribution in [0.25, 0.3) is 0 Å². The maximum atomic E-state index is 11.8. The lowest BCUT2D eigenvalue weighted by molar-refractivity contribution is 0.588. The van der Waals surface area contributed by atoms with E-state index in [0.717, 1.165) is 24.5 Å². The molecule has 1 aromatic carbocycles. The van der Waals surface area contributed by atoms with Crippen molar-refractivity contribution in [3.63, 3.8) is 0 Å². The number of rotatable bonds is 3. The van der Waals surface area contributed by atoms with Gasteiger partial charge in [-0.05, 0) is 39.1 Å². The number of benzene rings is 1. The Morgan fingerprint density at radius 3 is 2.65 bits per heavy atom. The van der Waals surface area contributed by atoms with Gasteiger partial charge in [-0.3, -0.25) is 0 Å². The summed E-state index contributed by atoms with van der Waals surface area (Å²) in [5, 5.41) is 0. The van der Waals surface area contributed by atoms with E-state index in [0.29, 0.717) is 5.69 Å². The molecule has 1 saturated heterocycles. The number of nitrogens with one attached hydrogen (secondary N) is 1. The maximum absolute atomic E-state index is 11.8. The lowest BCUT2D eigenvalue weighted by Crippen LogP contribution is -2.43. The molecule has 0 atom stereocenters. The second-order valence-corrected chi connectivity index (χ2v) is 9.15. The number of sulfonamides is 1. The highest BCUT2D eigenvalue weighted by Gasteiger charge is 2.28. The van der Waals surface area contributed by atoms with E-state index >= 15 is 0 Å². The summed E-state index contributed by atoms with van der Waals surface area (Å²) in [6.45, 7) is 6.25. The Morgan fingerprint density at radius 1 is 1.40 bits per heavy atom. The highest BCUT2D eigenvalue weighted by molar-refractivity contribution is 8.00. The Balaban J connectivity index is 2.31. The molecule has 0 aliphatic carbocycles. The van der Waals surface area contributed by atoms with Crippen molar-refractivity contribution in [3.8, 4) is 0 Å². The van der Waals surface area contributed by atoms with Crippen LogP contribution in [0.5, 0.6) is 0 Å². The molecule has 1 fully saturated rings. The number of thioether (sulfide) groups is 1. The first-order valence-corrected chi connectivity index (χ1v) is 8.94. The maximum Gasteiger partial charge on any atom is 0.240 e. The zero-order valence-corrected chi connectivity index (χ0v) is 13.6. The molecular weight excluding hydrogens is 294 g/mol. The van der Waals surface area contributed by atoms with E-state index in [1.165, 1.54) is 13.1 Å². The molecule has 1 aliphatic heterocycles. The second kappa shape index (κ2) is 5.46. The Bertz CT molecular complexity index is 600. The number of hydrogen-bond donors (Lipinski definition) is 2. The Kier molecular flexibility index (Phi) is 4.22. The Labute approximate surface area is 125 Å². The molecule has 112 valence electrons. The van der Waals surface area contributed by atoms with Crippen LogP contribution in [0, 0.1) is 0 Å². The predicted molar refractivity (Wildman–Crippen MR) is 85.8 cm³/mol. The van der Waals surface area contributed by atoms with Crippen molar-refractivity contribution < 1.29 is 8.42 Å². The number of anilines is 2. The van der Waals surface area contributed by atoms with Crippen molar-refractivity contribution in [1.82, 2.24) is 4.72 Å². The standard InChI is InChI=1S/C13H21N3O2S2/c1-13(2)9-16(6-7-19-13)12-5-4-10(8-11(12)14)20(17,18)15-3/h4-5,8,15H,6-7,9,14H2,1-3H3. The summed E-state index contributed by atoms with van der Waals surface area (Å²) in [6, 6.07) is 4.92. The molecule has 2 rings (SSSR count). The van der Waals surface area contributed by atoms with Gasteiger partial charge in [0.2, 0.25) is 10.0 Å². The highest BCUT2D eigenvalue weighted by Crippen LogP contribution is 2.35. The van der Waals surface area contributed by atoms with Gasteiger partial charge < -0.3 is 10.6 Å². The fourth-order valence-corrected chi connectivity index (χ4v) is 4.20. The van der Waals surface area contributed by atoms with Crippen LogP contribution in [-0.2, 0) is 10.0 Å². The zero-order chi connectivity index (χ0) is 15.0. The van der Waals surface area contributed by atoms with Gasteiger partial charge in [0.25, 0.3) is 0 Å². The van der Waals surface area contributed by atoms with Gasteiger partial charge in [0.05, 0.1) is 16.3 Å². The van der Waals surface area contributed by atoms with E-state index in [1.54, 1.807) is 12.1 Å². The van der Waals surface area contributed by atoms with Crippen LogP contribution in [0.2, 0.25) is 0 Å². The molecule has 0 aromatic heterocycles. The van der Waals surface area contributed by atoms with E-state index < -0.39 is 10.0 Å². The normalized spacial score (nSPS) is 19.1. The van der Waals surface area contributed by atoms with Gasteiger partial charge in [0.1, 0.15) is 0 Å². The molecule has 0 amide bonds. The van der Waals surface area contributed by atoms with Gasteiger partial charge in [-0.1, -0.05) is 0 Å². The lowest BCUT2D eigenvalue weighted by Gasteiger charge is -2.39. The first kappa shape index (κ1) is 15.5. The molecule has 0 bridgehead atoms. The van der Waals surface area contributed by atoms with Gasteiger partial charge in [0, 0.05) is 23.6 Å². The Morgan fingerprint density at radius 2 is 2.10 bits per heavy atom. The third kappa shape index (κ3) is 3.21. The molecule has 1 aliphatic rings. The van der Waals surface area contributed by atoms with Crippen LogP contribution in [-0.4, -0.2) is 39.1 Å². The monoisotopic (exact) mass is 315 g/mol. The minimum Gasteiger partial charge on any atom is -0.397 e. The van der Waals surface area contributed by atoms with Gasteiger partial charge in [-0.25, -0.2) is 13.1 Å². The highest BCUT2D eigenvalue weighted by atomic mass is 32.2. The van der Waals surface area contributed by atoms with Crippen molar-refractivity contribution in [1.29, 1.82) is 0 Å². The third-order valence-corrected chi connectivity index (χ3v) is 6.05. The van der Waals surface area contributed by atoms with Crippen molar-refractivity contribution in [2.45, 2.75) is 23.5 Å². The van der Waals surface area contributed by atoms with E-state index in [9.17, 15) is 8.42 Å². The number of nitrogens with two attached hydrogens (primary N) is 1. The van der Waals surface area contributed by atoms with Crippen molar-refractivity contribution in [2.75, 3.05) is 36.5 Å². The van der Waals surface area contributed by atoms with Gasteiger partial charge >= 0.3 is 0 Å².